The molecule has 0 aliphatic rings. The minimum atomic E-state index is -0.959. The Morgan fingerprint density at radius 1 is 0.529 bits per heavy atom. The average molecular weight is 725 g/mol. The number of carboxylic acids is 5. The van der Waals surface area contributed by atoms with Crippen molar-refractivity contribution in [3.63, 3.8) is 0 Å². The lowest BCUT2D eigenvalue weighted by Gasteiger charge is -2.07. The molecule has 0 saturated heterocycles. The minimum Gasteiger partial charge on any atom is -0.480 e. The summed E-state index contributed by atoms with van der Waals surface area (Å²) in [5.41, 5.74) is 33.4. The number of aliphatic carboxylic acids is 5. The highest BCUT2D eigenvalue weighted by atomic mass is 16.4. The van der Waals surface area contributed by atoms with Crippen LogP contribution in [0.25, 0.3) is 0 Å². The van der Waals surface area contributed by atoms with Crippen LogP contribution in [0.3, 0.4) is 0 Å². The van der Waals surface area contributed by atoms with Gasteiger partial charge in [0.05, 0.1) is 0 Å². The lowest BCUT2D eigenvalue weighted by molar-refractivity contribution is -0.140. The summed E-state index contributed by atoms with van der Waals surface area (Å²) in [6.07, 6.45) is 3.49. The van der Waals surface area contributed by atoms with Gasteiger partial charge in [-0.15, -0.1) is 0 Å². The molecule has 0 unspecified atom stereocenters. The second-order valence-corrected chi connectivity index (χ2v) is 12.2. The lowest BCUT2D eigenvalue weighted by Crippen LogP contribution is -2.34. The van der Waals surface area contributed by atoms with Crippen molar-refractivity contribution < 1.29 is 49.5 Å². The standard InChI is InChI=1S/2C9H11NO2.C6H14N2O2.C6H13NO2.C5H11NO2/c2*10-8(9(11)12)6-7-4-2-1-3-5-7;7-4-2-1-3-5(8)6(9)10;1-4(2)3-5(7)6(8)9;1-3(2)4(6)5(7)8/h2*1-5,8H,6,10H2,(H,11,12);5H,1-4,7-8H2,(H,9,10);4-5H,3,7H2,1-2H3,(H,8,9);3-4H,6H2,1-2H3,(H,7,8)/t2*8-;2*5-;4-/m00000/s1. The number of unbranched alkanes of at least 4 members (excludes halogenated alkanes) is 1. The van der Waals surface area contributed by atoms with E-state index in [1.54, 1.807) is 13.8 Å². The molecular formula is C35H60N6O10. The Labute approximate surface area is 300 Å². The van der Waals surface area contributed by atoms with E-state index < -0.39 is 60.1 Å². The first-order valence-electron chi connectivity index (χ1n) is 16.4. The maximum absolute atomic E-state index is 10.4. The molecule has 51 heavy (non-hydrogen) atoms. The SMILES string of the molecule is CC(C)C[C@H](N)C(=O)O.CC(C)[C@H](N)C(=O)O.NCCCC[C@H](N)C(=O)O.N[C@@H](Cc1ccccc1)C(=O)O.N[C@@H](Cc1ccccc1)C(=O)O. The topological polar surface area (TPSA) is 343 Å². The molecule has 0 bridgehead atoms. The van der Waals surface area contributed by atoms with Crippen molar-refractivity contribution in [2.75, 3.05) is 6.54 Å². The van der Waals surface area contributed by atoms with Crippen LogP contribution in [0.4, 0.5) is 0 Å². The highest BCUT2D eigenvalue weighted by molar-refractivity contribution is 5.74. The summed E-state index contributed by atoms with van der Waals surface area (Å²) in [5.74, 6) is -4.32. The van der Waals surface area contributed by atoms with Gasteiger partial charge in [-0.05, 0) is 61.6 Å². The highest BCUT2D eigenvalue weighted by Crippen LogP contribution is 2.03. The Hall–Kier alpha value is -4.45. The molecule has 290 valence electrons. The van der Waals surface area contributed by atoms with Crippen LogP contribution in [-0.4, -0.2) is 92.1 Å². The van der Waals surface area contributed by atoms with Crippen LogP contribution in [0.5, 0.6) is 0 Å². The van der Waals surface area contributed by atoms with E-state index in [9.17, 15) is 24.0 Å². The summed E-state index contributed by atoms with van der Waals surface area (Å²) in [5, 5.41) is 41.9. The molecule has 0 fully saturated rings. The molecule has 2 aromatic rings. The Bertz CT molecular complexity index is 1180. The van der Waals surface area contributed by atoms with Gasteiger partial charge in [0.1, 0.15) is 30.2 Å². The number of rotatable bonds is 16. The average Bonchev–Trinajstić information content (AvgIpc) is 3.06. The third kappa shape index (κ3) is 31.3. The van der Waals surface area contributed by atoms with E-state index in [0.717, 1.165) is 24.0 Å². The van der Waals surface area contributed by atoms with Crippen molar-refractivity contribution in [2.24, 2.45) is 46.2 Å². The van der Waals surface area contributed by atoms with Gasteiger partial charge in [-0.1, -0.05) is 94.8 Å². The summed E-state index contributed by atoms with van der Waals surface area (Å²) in [4.78, 5) is 51.0. The van der Waals surface area contributed by atoms with Gasteiger partial charge < -0.3 is 59.9 Å². The Balaban J connectivity index is -0.000000570. The smallest absolute Gasteiger partial charge is 0.320 e. The molecule has 2 rings (SSSR count). The zero-order valence-electron chi connectivity index (χ0n) is 30.0. The highest BCUT2D eigenvalue weighted by Gasteiger charge is 2.15. The fourth-order valence-electron chi connectivity index (χ4n) is 3.44. The summed E-state index contributed by atoms with van der Waals surface area (Å²) in [6.45, 7) is 8.05. The molecule has 16 heteroatoms. The minimum absolute atomic E-state index is 0.0208. The van der Waals surface area contributed by atoms with Gasteiger partial charge >= 0.3 is 29.8 Å². The molecule has 16 nitrogen and oxygen atoms in total. The molecule has 0 heterocycles. The van der Waals surface area contributed by atoms with Gasteiger partial charge in [0.2, 0.25) is 0 Å². The maximum atomic E-state index is 10.4. The van der Waals surface area contributed by atoms with Crippen molar-refractivity contribution in [3.8, 4) is 0 Å². The summed E-state index contributed by atoms with van der Waals surface area (Å²) < 4.78 is 0. The number of carbonyl (C=O) groups is 5. The summed E-state index contributed by atoms with van der Waals surface area (Å²) in [6, 6.07) is 15.0. The molecule has 0 aliphatic carbocycles. The van der Waals surface area contributed by atoms with Gasteiger partial charge in [0.15, 0.2) is 0 Å². The maximum Gasteiger partial charge on any atom is 0.320 e. The first-order valence-corrected chi connectivity index (χ1v) is 16.4. The molecule has 0 amide bonds. The molecular weight excluding hydrogens is 664 g/mol. The second kappa shape index (κ2) is 30.4. The molecule has 0 spiro atoms. The van der Waals surface area contributed by atoms with Gasteiger partial charge in [-0.25, -0.2) is 0 Å². The fourth-order valence-corrected chi connectivity index (χ4v) is 3.44. The monoisotopic (exact) mass is 724 g/mol. The van der Waals surface area contributed by atoms with Crippen LogP contribution in [0.15, 0.2) is 60.7 Å². The molecule has 0 radical (unpaired) electrons. The van der Waals surface area contributed by atoms with Crippen molar-refractivity contribution in [1.29, 1.82) is 0 Å². The van der Waals surface area contributed by atoms with Crippen LogP contribution < -0.4 is 34.4 Å². The first kappa shape index (κ1) is 50.9. The van der Waals surface area contributed by atoms with Crippen LogP contribution in [0.2, 0.25) is 0 Å². The number of carboxylic acid groups (broad SMARTS) is 5. The molecule has 2 aromatic carbocycles. The van der Waals surface area contributed by atoms with E-state index in [-0.39, 0.29) is 5.92 Å². The summed E-state index contributed by atoms with van der Waals surface area (Å²) >= 11 is 0. The summed E-state index contributed by atoms with van der Waals surface area (Å²) in [7, 11) is 0. The predicted octanol–water partition coefficient (Wildman–Crippen LogP) is 1.31. The van der Waals surface area contributed by atoms with Crippen molar-refractivity contribution in [2.45, 2.75) is 96.4 Å². The lowest BCUT2D eigenvalue weighted by atomic mass is 10.1. The van der Waals surface area contributed by atoms with Gasteiger partial charge in [-0.3, -0.25) is 24.0 Å². The van der Waals surface area contributed by atoms with Crippen LogP contribution in [-0.2, 0) is 36.8 Å². The normalized spacial score (nSPS) is 13.0. The molecule has 0 aliphatic heterocycles. The van der Waals surface area contributed by atoms with Crippen molar-refractivity contribution >= 4 is 29.8 Å². The zero-order chi connectivity index (χ0) is 40.1. The van der Waals surface area contributed by atoms with E-state index in [1.807, 2.05) is 74.5 Å². The van der Waals surface area contributed by atoms with Crippen LogP contribution >= 0.6 is 0 Å². The van der Waals surface area contributed by atoms with E-state index in [4.69, 9.17) is 59.9 Å². The van der Waals surface area contributed by atoms with Crippen molar-refractivity contribution in [1.82, 2.24) is 0 Å². The third-order valence-corrected chi connectivity index (χ3v) is 6.56. The van der Waals surface area contributed by atoms with Gasteiger partial charge in [0, 0.05) is 0 Å². The Morgan fingerprint density at radius 3 is 1.10 bits per heavy atom. The third-order valence-electron chi connectivity index (χ3n) is 6.56. The fraction of sp³-hybridized carbons (Fsp3) is 0.514. The number of hydrogen-bond donors (Lipinski definition) is 11. The molecule has 17 N–H and O–H groups in total. The molecule has 0 aromatic heterocycles. The number of benzene rings is 2. The van der Waals surface area contributed by atoms with E-state index in [2.05, 4.69) is 0 Å². The van der Waals surface area contributed by atoms with E-state index in [1.165, 1.54) is 0 Å². The Morgan fingerprint density at radius 2 is 0.882 bits per heavy atom. The number of nitrogens with two attached hydrogens (primary N) is 6. The van der Waals surface area contributed by atoms with Crippen LogP contribution in [0, 0.1) is 11.8 Å². The van der Waals surface area contributed by atoms with Gasteiger partial charge in [-0.2, -0.15) is 0 Å². The van der Waals surface area contributed by atoms with Crippen molar-refractivity contribution in [3.05, 3.63) is 71.8 Å². The van der Waals surface area contributed by atoms with E-state index in [0.29, 0.717) is 38.1 Å². The van der Waals surface area contributed by atoms with Gasteiger partial charge in [0.25, 0.3) is 0 Å². The zero-order valence-corrected chi connectivity index (χ0v) is 30.0. The quantitative estimate of drug-likeness (QED) is 0.109. The van der Waals surface area contributed by atoms with E-state index >= 15 is 0 Å². The number of hydrogen-bond acceptors (Lipinski definition) is 11. The Kier molecular flexibility index (Phi) is 30.3. The van der Waals surface area contributed by atoms with Crippen LogP contribution in [0.1, 0.15) is 64.5 Å². The molecule has 5 atom stereocenters. The predicted molar refractivity (Wildman–Crippen MR) is 196 cm³/mol. The largest absolute Gasteiger partial charge is 0.480 e. The first-order chi connectivity index (χ1) is 23.7. The molecule has 0 saturated carbocycles. The second-order valence-electron chi connectivity index (χ2n) is 12.2.